The molecular formula is CH5NNaO7S2. The van der Waals surface area contributed by atoms with E-state index in [1.165, 1.54) is 0 Å². The van der Waals surface area contributed by atoms with Crippen molar-refractivity contribution in [3.63, 3.8) is 0 Å². The van der Waals surface area contributed by atoms with Gasteiger partial charge in [-0.05, 0) is 0 Å². The van der Waals surface area contributed by atoms with Crippen molar-refractivity contribution < 1.29 is 30.8 Å². The third-order valence-electron chi connectivity index (χ3n) is 0.526. The molecule has 0 aromatic carbocycles. The van der Waals surface area contributed by atoms with Crippen LogP contribution in [0, 0.1) is 0 Å². The molecule has 0 aliphatic rings. The van der Waals surface area contributed by atoms with E-state index in [2.05, 4.69) is 4.84 Å². The van der Waals surface area contributed by atoms with E-state index >= 15 is 0 Å². The van der Waals surface area contributed by atoms with Crippen molar-refractivity contribution in [2.45, 2.75) is 0 Å². The number of hydrogen-bond acceptors (Lipinski definition) is 5. The zero-order valence-electron chi connectivity index (χ0n) is 6.20. The molecule has 0 amide bonds. The van der Waals surface area contributed by atoms with Crippen molar-refractivity contribution in [1.29, 1.82) is 0 Å². The average molecular weight is 230 g/mol. The van der Waals surface area contributed by atoms with Crippen LogP contribution in [0.3, 0.4) is 0 Å². The summed E-state index contributed by atoms with van der Waals surface area (Å²) in [5.41, 5.74) is 0. The Balaban J connectivity index is 0. The van der Waals surface area contributed by atoms with Crippen LogP contribution in [-0.2, 0) is 25.4 Å². The van der Waals surface area contributed by atoms with Crippen LogP contribution in [-0.4, -0.2) is 66.5 Å². The minimum absolute atomic E-state index is 0. The zero-order valence-corrected chi connectivity index (χ0v) is 9.83. The number of hydrogen-bond donors (Lipinski definition) is 2. The van der Waals surface area contributed by atoms with Gasteiger partial charge in [-0.1, -0.05) is 0 Å². The summed E-state index contributed by atoms with van der Waals surface area (Å²) < 4.78 is 55.3. The van der Waals surface area contributed by atoms with Crippen molar-refractivity contribution >= 4 is 50.2 Å². The maximum Gasteiger partial charge on any atom is 0.374 e. The van der Waals surface area contributed by atoms with E-state index < -0.39 is 24.5 Å². The van der Waals surface area contributed by atoms with Gasteiger partial charge >= 0.3 is 20.6 Å². The second-order valence-corrected chi connectivity index (χ2v) is 3.99. The molecule has 0 spiro atoms. The minimum atomic E-state index is -5.10. The summed E-state index contributed by atoms with van der Waals surface area (Å²) >= 11 is 0. The standard InChI is InChI=1S/CH5NO7S2.Na/c1-9-2(10(3,4)5)11(6,7)8;/h1H3,(H,3,4,5)(H,6,7,8);. The van der Waals surface area contributed by atoms with Gasteiger partial charge in [-0.25, -0.2) is 0 Å². The Bertz CT molecular complexity index is 283. The van der Waals surface area contributed by atoms with Crippen molar-refractivity contribution in [2.75, 3.05) is 7.11 Å². The average Bonchev–Trinajstić information content (AvgIpc) is 1.56. The Hall–Kier alpha value is 0.740. The molecule has 69 valence electrons. The second kappa shape index (κ2) is 4.83. The van der Waals surface area contributed by atoms with Gasteiger partial charge in [0.15, 0.2) is 0 Å². The molecule has 2 N–H and O–H groups in total. The predicted octanol–water partition coefficient (Wildman–Crippen LogP) is -1.93. The van der Waals surface area contributed by atoms with E-state index in [-0.39, 0.29) is 29.6 Å². The van der Waals surface area contributed by atoms with Crippen LogP contribution in [0.15, 0.2) is 0 Å². The summed E-state index contributed by atoms with van der Waals surface area (Å²) in [6.07, 6.45) is 0. The van der Waals surface area contributed by atoms with Gasteiger partial charge < -0.3 is 0 Å². The van der Waals surface area contributed by atoms with Crippen LogP contribution in [0.4, 0.5) is 0 Å². The van der Waals surface area contributed by atoms with Gasteiger partial charge in [0, 0.05) is 29.6 Å². The van der Waals surface area contributed by atoms with E-state index in [1.54, 1.807) is 0 Å². The maximum absolute atomic E-state index is 10.0. The van der Waals surface area contributed by atoms with E-state index in [9.17, 15) is 16.8 Å². The second-order valence-electron chi connectivity index (χ2n) is 1.30. The van der Waals surface area contributed by atoms with Crippen LogP contribution >= 0.6 is 0 Å². The Morgan fingerprint density at radius 3 is 1.33 bits per heavy atom. The first-order chi connectivity index (χ1) is 4.69. The Labute approximate surface area is 91.5 Å². The first kappa shape index (κ1) is 15.2. The third kappa shape index (κ3) is 4.69. The normalized spacial score (nSPS) is 12.7. The first-order valence-electron chi connectivity index (χ1n) is 1.99. The molecule has 1 radical (unpaired) electrons. The molecule has 0 saturated heterocycles. The van der Waals surface area contributed by atoms with Gasteiger partial charge in [-0.3, -0.25) is 13.9 Å². The minimum Gasteiger partial charge on any atom is -0.271 e. The van der Waals surface area contributed by atoms with Gasteiger partial charge in [0.25, 0.3) is 0 Å². The fraction of sp³-hybridized carbons (Fsp3) is 1.00. The summed E-state index contributed by atoms with van der Waals surface area (Å²) in [6.45, 7) is 0. The van der Waals surface area contributed by atoms with Crippen LogP contribution in [0.2, 0.25) is 0 Å². The monoisotopic (exact) mass is 230 g/mol. The van der Waals surface area contributed by atoms with E-state index in [0.717, 1.165) is 0 Å². The molecule has 0 saturated carbocycles. The van der Waals surface area contributed by atoms with Crippen molar-refractivity contribution in [3.8, 4) is 0 Å². The van der Waals surface area contributed by atoms with Crippen LogP contribution in [0.5, 0.6) is 0 Å². The molecule has 0 aromatic rings. The van der Waals surface area contributed by atoms with Crippen LogP contribution < -0.4 is 0 Å². The molecule has 0 unspecified atom stereocenters. The first-order valence-corrected chi connectivity index (χ1v) is 4.78. The molecule has 11 heteroatoms. The summed E-state index contributed by atoms with van der Waals surface area (Å²) in [6, 6.07) is 0. The Morgan fingerprint density at radius 1 is 1.08 bits per heavy atom. The van der Waals surface area contributed by atoms with Crippen LogP contribution in [0.1, 0.15) is 0 Å². The smallest absolute Gasteiger partial charge is 0.271 e. The molecule has 0 fully saturated rings. The molecule has 8 nitrogen and oxygen atoms in total. The quantitative estimate of drug-likeness (QED) is 0.329. The van der Waals surface area contributed by atoms with Crippen molar-refractivity contribution in [1.82, 2.24) is 3.87 Å². The molecule has 0 aliphatic carbocycles. The van der Waals surface area contributed by atoms with Crippen LogP contribution in [0.25, 0.3) is 0 Å². The fourth-order valence-corrected chi connectivity index (χ4v) is 1.64. The Kier molecular flexibility index (Phi) is 6.13. The molecule has 0 aliphatic heterocycles. The molecule has 0 atom stereocenters. The molecule has 0 rings (SSSR count). The largest absolute Gasteiger partial charge is 0.374 e. The van der Waals surface area contributed by atoms with E-state index in [0.29, 0.717) is 7.11 Å². The van der Waals surface area contributed by atoms with E-state index in [4.69, 9.17) is 9.11 Å². The maximum atomic E-state index is 10.0. The fourth-order valence-electron chi connectivity index (χ4n) is 0.307. The summed E-state index contributed by atoms with van der Waals surface area (Å²) in [5.74, 6) is 0. The van der Waals surface area contributed by atoms with Crippen molar-refractivity contribution in [3.05, 3.63) is 0 Å². The van der Waals surface area contributed by atoms with E-state index in [1.807, 2.05) is 0 Å². The topological polar surface area (TPSA) is 121 Å². The SMILES string of the molecule is CON(S(=O)(=O)O)S(=O)(=O)O.[Na]. The third-order valence-corrected chi connectivity index (χ3v) is 2.71. The summed E-state index contributed by atoms with van der Waals surface area (Å²) in [4.78, 5) is 3.64. The predicted molar refractivity (Wildman–Crippen MR) is 37.7 cm³/mol. The summed E-state index contributed by atoms with van der Waals surface area (Å²) in [7, 11) is -9.56. The summed E-state index contributed by atoms with van der Waals surface area (Å²) in [5, 5.41) is 0. The Morgan fingerprint density at radius 2 is 1.33 bits per heavy atom. The number of rotatable bonds is 3. The van der Waals surface area contributed by atoms with Gasteiger partial charge in [-0.2, -0.15) is 16.8 Å². The zero-order chi connectivity index (χ0) is 9.28. The van der Waals surface area contributed by atoms with Crippen molar-refractivity contribution in [2.24, 2.45) is 0 Å². The number of nitrogens with zero attached hydrogens (tertiary/aromatic N) is 1. The molecule has 0 bridgehead atoms. The van der Waals surface area contributed by atoms with Gasteiger partial charge in [0.05, 0.1) is 11.0 Å². The molecule has 12 heavy (non-hydrogen) atoms. The van der Waals surface area contributed by atoms with Gasteiger partial charge in [0.1, 0.15) is 0 Å². The van der Waals surface area contributed by atoms with Gasteiger partial charge in [-0.15, -0.1) is 0 Å². The molecule has 0 heterocycles. The molecule has 0 aromatic heterocycles. The van der Waals surface area contributed by atoms with Gasteiger partial charge in [0.2, 0.25) is 0 Å². The molecular weight excluding hydrogens is 225 g/mol.